The summed E-state index contributed by atoms with van der Waals surface area (Å²) in [6, 6.07) is 3.80. The van der Waals surface area contributed by atoms with E-state index in [1.807, 2.05) is 19.1 Å². The molecule has 0 atom stereocenters. The second kappa shape index (κ2) is 8.81. The van der Waals surface area contributed by atoms with Crippen molar-refractivity contribution in [1.29, 1.82) is 0 Å². The monoisotopic (exact) mass is 344 g/mol. The van der Waals surface area contributed by atoms with Gasteiger partial charge in [0.25, 0.3) is 5.91 Å². The number of carbonyl (C=O) groups excluding carboxylic acids is 1. The second-order valence-corrected chi connectivity index (χ2v) is 5.14. The van der Waals surface area contributed by atoms with Crippen molar-refractivity contribution >= 4 is 21.8 Å². The predicted octanol–water partition coefficient (Wildman–Crippen LogP) is 1.86. The lowest BCUT2D eigenvalue weighted by atomic mass is 10.1. The first kappa shape index (κ1) is 16.8. The summed E-state index contributed by atoms with van der Waals surface area (Å²) in [5.41, 5.74) is 6.60. The number of carbonyl (C=O) groups is 1. The molecule has 0 heterocycles. The standard InChI is InChI=1S/C14H21BrN2O3/c1-3-6-17-13(18)9-20-14-11(15)7-10(4-5-16)8-12(14)19-2/h7-8H,3-6,9,16H2,1-2H3,(H,17,18). The van der Waals surface area contributed by atoms with Crippen LogP contribution >= 0.6 is 15.9 Å². The van der Waals surface area contributed by atoms with Crippen LogP contribution in [0.1, 0.15) is 18.9 Å². The molecule has 1 aromatic carbocycles. The Hall–Kier alpha value is -1.27. The number of methoxy groups -OCH3 is 1. The Bertz CT molecular complexity index is 452. The first-order valence-corrected chi connectivity index (χ1v) is 7.37. The molecule has 0 fully saturated rings. The van der Waals surface area contributed by atoms with E-state index in [9.17, 15) is 4.79 Å². The molecule has 0 saturated carbocycles. The Morgan fingerprint density at radius 3 is 2.80 bits per heavy atom. The summed E-state index contributed by atoms with van der Waals surface area (Å²) in [4.78, 5) is 11.5. The van der Waals surface area contributed by atoms with Crippen LogP contribution in [0.25, 0.3) is 0 Å². The van der Waals surface area contributed by atoms with Gasteiger partial charge in [-0.1, -0.05) is 6.92 Å². The Morgan fingerprint density at radius 2 is 2.20 bits per heavy atom. The number of benzene rings is 1. The molecule has 0 bridgehead atoms. The van der Waals surface area contributed by atoms with Gasteiger partial charge in [0.15, 0.2) is 18.1 Å². The third-order valence-corrected chi connectivity index (χ3v) is 3.23. The molecule has 0 radical (unpaired) electrons. The van der Waals surface area contributed by atoms with Crippen LogP contribution in [0.4, 0.5) is 0 Å². The normalized spacial score (nSPS) is 10.2. The van der Waals surface area contributed by atoms with Crippen molar-refractivity contribution in [2.24, 2.45) is 5.73 Å². The summed E-state index contributed by atoms with van der Waals surface area (Å²) >= 11 is 3.43. The molecule has 0 aromatic heterocycles. The number of ether oxygens (including phenoxy) is 2. The van der Waals surface area contributed by atoms with Crippen molar-refractivity contribution in [2.45, 2.75) is 19.8 Å². The van der Waals surface area contributed by atoms with Gasteiger partial charge in [0.2, 0.25) is 0 Å². The third kappa shape index (κ3) is 5.02. The lowest BCUT2D eigenvalue weighted by Gasteiger charge is -2.14. The van der Waals surface area contributed by atoms with Crippen LogP contribution in [-0.4, -0.2) is 32.7 Å². The molecule has 5 nitrogen and oxygen atoms in total. The summed E-state index contributed by atoms with van der Waals surface area (Å²) in [6.07, 6.45) is 1.65. The molecular formula is C14H21BrN2O3. The average molecular weight is 345 g/mol. The van der Waals surface area contributed by atoms with Gasteiger partial charge in [-0.2, -0.15) is 0 Å². The van der Waals surface area contributed by atoms with E-state index < -0.39 is 0 Å². The maximum Gasteiger partial charge on any atom is 0.257 e. The van der Waals surface area contributed by atoms with Crippen molar-refractivity contribution in [2.75, 3.05) is 26.8 Å². The van der Waals surface area contributed by atoms with Gasteiger partial charge in [0.1, 0.15) is 0 Å². The highest BCUT2D eigenvalue weighted by Crippen LogP contribution is 2.36. The van der Waals surface area contributed by atoms with Crippen molar-refractivity contribution in [3.05, 3.63) is 22.2 Å². The van der Waals surface area contributed by atoms with E-state index in [0.717, 1.165) is 22.9 Å². The van der Waals surface area contributed by atoms with E-state index in [2.05, 4.69) is 21.2 Å². The van der Waals surface area contributed by atoms with Gasteiger partial charge in [-0.25, -0.2) is 0 Å². The predicted molar refractivity (Wildman–Crippen MR) is 82.2 cm³/mol. The maximum absolute atomic E-state index is 11.5. The Morgan fingerprint density at radius 1 is 1.45 bits per heavy atom. The van der Waals surface area contributed by atoms with E-state index in [1.54, 1.807) is 7.11 Å². The van der Waals surface area contributed by atoms with E-state index in [-0.39, 0.29) is 12.5 Å². The fourth-order valence-corrected chi connectivity index (χ4v) is 2.28. The summed E-state index contributed by atoms with van der Waals surface area (Å²) < 4.78 is 11.6. The number of nitrogens with two attached hydrogens (primary N) is 1. The molecule has 1 rings (SSSR count). The number of hydrogen-bond acceptors (Lipinski definition) is 4. The molecule has 0 saturated heterocycles. The van der Waals surface area contributed by atoms with Crippen LogP contribution in [0.5, 0.6) is 11.5 Å². The molecule has 0 unspecified atom stereocenters. The second-order valence-electron chi connectivity index (χ2n) is 4.29. The van der Waals surface area contributed by atoms with Gasteiger partial charge in [0.05, 0.1) is 11.6 Å². The van der Waals surface area contributed by atoms with Gasteiger partial charge >= 0.3 is 0 Å². The Balaban J connectivity index is 2.76. The van der Waals surface area contributed by atoms with Crippen LogP contribution in [0.2, 0.25) is 0 Å². The quantitative estimate of drug-likeness (QED) is 0.754. The van der Waals surface area contributed by atoms with Crippen LogP contribution in [0.3, 0.4) is 0 Å². The molecule has 0 spiro atoms. The lowest BCUT2D eigenvalue weighted by Crippen LogP contribution is -2.29. The molecule has 20 heavy (non-hydrogen) atoms. The van der Waals surface area contributed by atoms with Crippen molar-refractivity contribution in [3.63, 3.8) is 0 Å². The molecule has 6 heteroatoms. The molecule has 0 aliphatic carbocycles. The van der Waals surface area contributed by atoms with E-state index in [0.29, 0.717) is 24.6 Å². The van der Waals surface area contributed by atoms with E-state index in [4.69, 9.17) is 15.2 Å². The highest BCUT2D eigenvalue weighted by atomic mass is 79.9. The number of rotatable bonds is 8. The number of halogens is 1. The van der Waals surface area contributed by atoms with E-state index in [1.165, 1.54) is 0 Å². The lowest BCUT2D eigenvalue weighted by molar-refractivity contribution is -0.123. The number of hydrogen-bond donors (Lipinski definition) is 2. The van der Waals surface area contributed by atoms with E-state index >= 15 is 0 Å². The van der Waals surface area contributed by atoms with Gasteiger partial charge in [0, 0.05) is 6.54 Å². The Kier molecular flexibility index (Phi) is 7.40. The molecule has 3 N–H and O–H groups in total. The topological polar surface area (TPSA) is 73.6 Å². The van der Waals surface area contributed by atoms with Gasteiger partial charge in [-0.05, 0) is 53.0 Å². The molecule has 1 amide bonds. The van der Waals surface area contributed by atoms with Crippen LogP contribution < -0.4 is 20.5 Å². The fraction of sp³-hybridized carbons (Fsp3) is 0.500. The third-order valence-electron chi connectivity index (χ3n) is 2.64. The summed E-state index contributed by atoms with van der Waals surface area (Å²) in [6.45, 7) is 3.17. The summed E-state index contributed by atoms with van der Waals surface area (Å²) in [5.74, 6) is 0.970. The molecule has 1 aromatic rings. The van der Waals surface area contributed by atoms with Crippen LogP contribution in [0, 0.1) is 0 Å². The minimum Gasteiger partial charge on any atom is -0.493 e. The highest BCUT2D eigenvalue weighted by Gasteiger charge is 2.13. The van der Waals surface area contributed by atoms with Gasteiger partial charge < -0.3 is 20.5 Å². The van der Waals surface area contributed by atoms with Crippen molar-refractivity contribution in [1.82, 2.24) is 5.32 Å². The zero-order valence-corrected chi connectivity index (χ0v) is 13.5. The largest absolute Gasteiger partial charge is 0.493 e. The minimum absolute atomic E-state index is 0.0365. The zero-order chi connectivity index (χ0) is 15.0. The molecular weight excluding hydrogens is 324 g/mol. The summed E-state index contributed by atoms with van der Waals surface area (Å²) in [5, 5.41) is 2.75. The Labute approximate surface area is 127 Å². The first-order valence-electron chi connectivity index (χ1n) is 6.58. The fourth-order valence-electron chi connectivity index (χ4n) is 1.68. The SMILES string of the molecule is CCCNC(=O)COc1c(Br)cc(CCN)cc1OC. The summed E-state index contributed by atoms with van der Waals surface area (Å²) in [7, 11) is 1.57. The minimum atomic E-state index is -0.146. The van der Waals surface area contributed by atoms with Crippen molar-refractivity contribution < 1.29 is 14.3 Å². The highest BCUT2D eigenvalue weighted by molar-refractivity contribution is 9.10. The smallest absolute Gasteiger partial charge is 0.257 e. The van der Waals surface area contributed by atoms with Crippen LogP contribution in [-0.2, 0) is 11.2 Å². The zero-order valence-electron chi connectivity index (χ0n) is 11.9. The first-order chi connectivity index (χ1) is 9.62. The molecule has 0 aliphatic heterocycles. The van der Waals surface area contributed by atoms with Crippen LogP contribution in [0.15, 0.2) is 16.6 Å². The average Bonchev–Trinajstić information content (AvgIpc) is 2.43. The van der Waals surface area contributed by atoms with Gasteiger partial charge in [-0.3, -0.25) is 4.79 Å². The molecule has 112 valence electrons. The van der Waals surface area contributed by atoms with Crippen molar-refractivity contribution in [3.8, 4) is 11.5 Å². The molecule has 0 aliphatic rings. The number of nitrogens with one attached hydrogen (secondary N) is 1. The maximum atomic E-state index is 11.5. The van der Waals surface area contributed by atoms with Gasteiger partial charge in [-0.15, -0.1) is 0 Å². The number of amides is 1.